The number of nitrogens with zero attached hydrogens (tertiary/aromatic N) is 1. The number of aromatic nitrogens is 1. The van der Waals surface area contributed by atoms with Crippen molar-refractivity contribution in [1.82, 2.24) is 4.98 Å². The summed E-state index contributed by atoms with van der Waals surface area (Å²) in [7, 11) is 0. The van der Waals surface area contributed by atoms with E-state index in [4.69, 9.17) is 12.2 Å². The topological polar surface area (TPSA) is 12.9 Å². The normalized spacial score (nSPS) is 10.5. The molecule has 13 heavy (non-hydrogen) atoms. The minimum atomic E-state index is 0.610. The van der Waals surface area contributed by atoms with Gasteiger partial charge in [-0.1, -0.05) is 24.4 Å². The first-order chi connectivity index (χ1) is 6.25. The molecule has 0 aliphatic carbocycles. The second-order valence-corrected chi connectivity index (χ2v) is 6.32. The summed E-state index contributed by atoms with van der Waals surface area (Å²) in [5, 5.41) is 0. The fourth-order valence-electron chi connectivity index (χ4n) is 0.969. The molecule has 0 radical (unpaired) electrons. The van der Waals surface area contributed by atoms with E-state index < -0.39 is 0 Å². The Balaban J connectivity index is 2.44. The molecule has 0 atom stereocenters. The summed E-state index contributed by atoms with van der Waals surface area (Å²) in [4.78, 5) is 4.40. The number of benzene rings is 1. The van der Waals surface area contributed by atoms with Gasteiger partial charge in [0, 0.05) is 0 Å². The van der Waals surface area contributed by atoms with E-state index in [0.29, 0.717) is 3.53 Å². The number of thioether (sulfide) groups is 1. The predicted octanol–water partition coefficient (Wildman–Crippen LogP) is 3.60. The Morgan fingerprint density at radius 2 is 2.23 bits per heavy atom. The van der Waals surface area contributed by atoms with E-state index in [1.807, 2.05) is 18.2 Å². The number of rotatable bonds is 1. The summed E-state index contributed by atoms with van der Waals surface area (Å²) in [5.41, 5.74) is 1.03. The third-order valence-electron chi connectivity index (χ3n) is 1.45. The highest BCUT2D eigenvalue weighted by Crippen LogP contribution is 2.30. The zero-order valence-corrected chi connectivity index (χ0v) is 9.77. The maximum Gasteiger partial charge on any atom is 0.157 e. The molecule has 0 N–H and O–H groups in total. The molecule has 1 aromatic carbocycles. The number of para-hydroxylation sites is 1. The molecule has 66 valence electrons. The molecule has 0 aliphatic heterocycles. The lowest BCUT2D eigenvalue weighted by molar-refractivity contribution is 1.31. The highest BCUT2D eigenvalue weighted by atomic mass is 32.2. The van der Waals surface area contributed by atoms with Gasteiger partial charge < -0.3 is 0 Å². The standard InChI is InChI=1S/C8H5NS4/c10-8(11)13-7-9-5-3-1-2-4-6(5)12-7/h1-4H,(H,10,11). The molecule has 0 saturated carbocycles. The van der Waals surface area contributed by atoms with E-state index in [0.717, 1.165) is 9.86 Å². The fourth-order valence-corrected chi connectivity index (χ4v) is 3.49. The number of thiazole rings is 1. The van der Waals surface area contributed by atoms with Gasteiger partial charge in [-0.2, -0.15) is 0 Å². The lowest BCUT2D eigenvalue weighted by Crippen LogP contribution is -1.71. The molecule has 5 heteroatoms. The Morgan fingerprint density at radius 3 is 2.92 bits per heavy atom. The van der Waals surface area contributed by atoms with Crippen molar-refractivity contribution in [2.45, 2.75) is 4.34 Å². The Hall–Kier alpha value is -0.100. The van der Waals surface area contributed by atoms with Gasteiger partial charge in [-0.05, 0) is 23.9 Å². The van der Waals surface area contributed by atoms with E-state index in [-0.39, 0.29) is 0 Å². The van der Waals surface area contributed by atoms with E-state index in [1.165, 1.54) is 16.5 Å². The van der Waals surface area contributed by atoms with Crippen LogP contribution in [0, 0.1) is 0 Å². The van der Waals surface area contributed by atoms with Crippen LogP contribution in [-0.4, -0.2) is 8.51 Å². The van der Waals surface area contributed by atoms with Crippen molar-refractivity contribution < 1.29 is 0 Å². The summed E-state index contributed by atoms with van der Waals surface area (Å²) in [6.07, 6.45) is 0. The second-order valence-electron chi connectivity index (χ2n) is 2.32. The molecule has 0 saturated heterocycles. The molecule has 0 amide bonds. The Labute approximate surface area is 95.0 Å². The minimum absolute atomic E-state index is 0.610. The van der Waals surface area contributed by atoms with Crippen LogP contribution in [0.15, 0.2) is 28.6 Å². The molecule has 0 unspecified atom stereocenters. The molecule has 1 nitrogen and oxygen atoms in total. The average molecular weight is 243 g/mol. The van der Waals surface area contributed by atoms with Crippen LogP contribution in [0.3, 0.4) is 0 Å². The van der Waals surface area contributed by atoms with Gasteiger partial charge in [0.05, 0.1) is 10.2 Å². The lowest BCUT2D eigenvalue weighted by Gasteiger charge is -1.86. The van der Waals surface area contributed by atoms with Crippen LogP contribution in [0.2, 0.25) is 0 Å². The quantitative estimate of drug-likeness (QED) is 0.467. The van der Waals surface area contributed by atoms with Crippen LogP contribution in [-0.2, 0) is 0 Å². The molecule has 2 aromatic rings. The monoisotopic (exact) mass is 243 g/mol. The van der Waals surface area contributed by atoms with Crippen molar-refractivity contribution in [3.05, 3.63) is 24.3 Å². The summed E-state index contributed by atoms with van der Waals surface area (Å²) in [5.74, 6) is 0. The number of thiol groups is 1. The summed E-state index contributed by atoms with van der Waals surface area (Å²) in [6.45, 7) is 0. The first-order valence-electron chi connectivity index (χ1n) is 3.52. The molecule has 0 aliphatic rings. The lowest BCUT2D eigenvalue weighted by atomic mass is 10.3. The van der Waals surface area contributed by atoms with Gasteiger partial charge in [0.1, 0.15) is 3.53 Å². The molecule has 1 heterocycles. The number of thiocarbonyl (C=S) groups is 1. The predicted molar refractivity (Wildman–Crippen MR) is 67.1 cm³/mol. The van der Waals surface area contributed by atoms with Crippen molar-refractivity contribution >= 4 is 61.7 Å². The third-order valence-corrected chi connectivity index (χ3v) is 3.74. The van der Waals surface area contributed by atoms with Crippen LogP contribution >= 0.6 is 47.9 Å². The number of hydrogen-bond acceptors (Lipinski definition) is 4. The second kappa shape index (κ2) is 3.96. The zero-order chi connectivity index (χ0) is 9.26. The van der Waals surface area contributed by atoms with Crippen LogP contribution in [0.4, 0.5) is 0 Å². The maximum atomic E-state index is 4.88. The summed E-state index contributed by atoms with van der Waals surface area (Å²) >= 11 is 12.0. The summed E-state index contributed by atoms with van der Waals surface area (Å²) in [6, 6.07) is 8.04. The van der Waals surface area contributed by atoms with Crippen molar-refractivity contribution in [3.63, 3.8) is 0 Å². The SMILES string of the molecule is S=C(S)Sc1nc2ccccc2s1. The van der Waals surface area contributed by atoms with Crippen molar-refractivity contribution in [3.8, 4) is 0 Å². The van der Waals surface area contributed by atoms with Gasteiger partial charge in [-0.15, -0.1) is 24.0 Å². The van der Waals surface area contributed by atoms with Crippen LogP contribution in [0.5, 0.6) is 0 Å². The van der Waals surface area contributed by atoms with E-state index >= 15 is 0 Å². The first-order valence-corrected chi connectivity index (χ1v) is 6.01. The molecule has 0 bridgehead atoms. The van der Waals surface area contributed by atoms with Gasteiger partial charge in [0.2, 0.25) is 0 Å². The molecule has 2 rings (SSSR count). The highest BCUT2D eigenvalue weighted by molar-refractivity contribution is 8.42. The molecular weight excluding hydrogens is 238 g/mol. The largest absolute Gasteiger partial charge is 0.229 e. The summed E-state index contributed by atoms with van der Waals surface area (Å²) < 4.78 is 2.76. The minimum Gasteiger partial charge on any atom is -0.229 e. The maximum absolute atomic E-state index is 4.88. The Bertz CT molecular complexity index is 415. The number of hydrogen-bond donors (Lipinski definition) is 1. The van der Waals surface area contributed by atoms with Crippen molar-refractivity contribution in [1.29, 1.82) is 0 Å². The molecular formula is C8H5NS4. The zero-order valence-electron chi connectivity index (χ0n) is 6.43. The first kappa shape index (κ1) is 9.45. The van der Waals surface area contributed by atoms with Gasteiger partial charge in [0.25, 0.3) is 0 Å². The van der Waals surface area contributed by atoms with Crippen LogP contribution < -0.4 is 0 Å². The van der Waals surface area contributed by atoms with Crippen molar-refractivity contribution in [2.75, 3.05) is 0 Å². The van der Waals surface area contributed by atoms with Gasteiger partial charge in [-0.3, -0.25) is 0 Å². The Morgan fingerprint density at radius 1 is 1.46 bits per heavy atom. The van der Waals surface area contributed by atoms with Gasteiger partial charge >= 0.3 is 0 Å². The highest BCUT2D eigenvalue weighted by Gasteiger charge is 2.03. The Kier molecular flexibility index (Phi) is 2.88. The third kappa shape index (κ3) is 2.22. The average Bonchev–Trinajstić information content (AvgIpc) is 2.44. The molecule has 0 fully saturated rings. The van der Waals surface area contributed by atoms with Gasteiger partial charge in [-0.25, -0.2) is 4.98 Å². The van der Waals surface area contributed by atoms with Crippen LogP contribution in [0.25, 0.3) is 10.2 Å². The van der Waals surface area contributed by atoms with Crippen LogP contribution in [0.1, 0.15) is 0 Å². The number of fused-ring (bicyclic) bond motifs is 1. The fraction of sp³-hybridized carbons (Fsp3) is 0. The molecule has 0 spiro atoms. The van der Waals surface area contributed by atoms with E-state index in [9.17, 15) is 0 Å². The smallest absolute Gasteiger partial charge is 0.157 e. The molecule has 1 aromatic heterocycles. The van der Waals surface area contributed by atoms with Crippen molar-refractivity contribution in [2.24, 2.45) is 0 Å². The van der Waals surface area contributed by atoms with E-state index in [2.05, 4.69) is 23.7 Å². The van der Waals surface area contributed by atoms with Gasteiger partial charge in [0.15, 0.2) is 4.34 Å². The van der Waals surface area contributed by atoms with E-state index in [1.54, 1.807) is 11.3 Å².